The molecule has 3 heterocycles. The zero-order chi connectivity index (χ0) is 27.2. The van der Waals surface area contributed by atoms with E-state index >= 15 is 0 Å². The van der Waals surface area contributed by atoms with Gasteiger partial charge in [0.1, 0.15) is 11.7 Å². The molecule has 2 aliphatic heterocycles. The molecule has 2 amide bonds. The smallest absolute Gasteiger partial charge is 0.237 e. The van der Waals surface area contributed by atoms with Crippen molar-refractivity contribution in [3.63, 3.8) is 0 Å². The standard InChI is InChI=1S/C28H31FN4O6/c1-36-25-16-20-22(17-26(25)38-12-2-9-33-10-13-37-14-11-33)30-8-6-23(20)39-24-4-3-18(15-21(24)29)32-28(35)19-5-7-31-27(19)34/h3-4,6,8,15-17,19H,2,5,7,9-14H2,1H3,(H,31,34)(H,32,35). The van der Waals surface area contributed by atoms with E-state index in [1.54, 1.807) is 31.5 Å². The molecule has 0 spiro atoms. The normalized spacial score (nSPS) is 17.6. The van der Waals surface area contributed by atoms with Crippen molar-refractivity contribution in [3.05, 3.63) is 48.4 Å². The van der Waals surface area contributed by atoms with E-state index in [-0.39, 0.29) is 17.3 Å². The molecule has 2 fully saturated rings. The Morgan fingerprint density at radius 2 is 2.00 bits per heavy atom. The fourth-order valence-electron chi connectivity index (χ4n) is 4.64. The topological polar surface area (TPSA) is 111 Å². The number of nitrogens with one attached hydrogen (secondary N) is 2. The summed E-state index contributed by atoms with van der Waals surface area (Å²) in [5.74, 6) is -0.794. The number of morpholine rings is 1. The Balaban J connectivity index is 1.26. The largest absolute Gasteiger partial charge is 0.493 e. The number of carbonyl (C=O) groups excluding carboxylic acids is 2. The lowest BCUT2D eigenvalue weighted by molar-refractivity contribution is -0.130. The number of pyridine rings is 1. The van der Waals surface area contributed by atoms with Gasteiger partial charge in [0.2, 0.25) is 11.8 Å². The summed E-state index contributed by atoms with van der Waals surface area (Å²) in [6.07, 6.45) is 2.85. The molecule has 1 atom stereocenters. The molecule has 2 saturated heterocycles. The molecule has 0 aliphatic carbocycles. The van der Waals surface area contributed by atoms with Crippen molar-refractivity contribution in [1.29, 1.82) is 0 Å². The molecular formula is C28H31FN4O6. The van der Waals surface area contributed by atoms with Gasteiger partial charge in [-0.3, -0.25) is 19.5 Å². The minimum Gasteiger partial charge on any atom is -0.493 e. The number of ether oxygens (including phenoxy) is 4. The van der Waals surface area contributed by atoms with Gasteiger partial charge in [0.15, 0.2) is 23.1 Å². The highest BCUT2D eigenvalue weighted by molar-refractivity contribution is 6.07. The van der Waals surface area contributed by atoms with E-state index in [4.69, 9.17) is 18.9 Å². The van der Waals surface area contributed by atoms with Crippen molar-refractivity contribution in [1.82, 2.24) is 15.2 Å². The first kappa shape index (κ1) is 26.6. The van der Waals surface area contributed by atoms with Crippen molar-refractivity contribution in [2.45, 2.75) is 12.8 Å². The zero-order valence-corrected chi connectivity index (χ0v) is 21.7. The SMILES string of the molecule is COc1cc2c(Oc3ccc(NC(=O)C4CCNC4=O)cc3F)ccnc2cc1OCCCN1CCOCC1. The molecule has 2 aromatic carbocycles. The van der Waals surface area contributed by atoms with Gasteiger partial charge < -0.3 is 29.6 Å². The van der Waals surface area contributed by atoms with Crippen molar-refractivity contribution in [3.8, 4) is 23.0 Å². The Morgan fingerprint density at radius 3 is 2.74 bits per heavy atom. The zero-order valence-electron chi connectivity index (χ0n) is 21.7. The van der Waals surface area contributed by atoms with Gasteiger partial charge >= 0.3 is 0 Å². The van der Waals surface area contributed by atoms with Gasteiger partial charge in [0.25, 0.3) is 0 Å². The molecule has 1 aromatic heterocycles. The number of anilines is 1. The second-order valence-electron chi connectivity index (χ2n) is 9.35. The molecule has 206 valence electrons. The molecule has 2 aliphatic rings. The van der Waals surface area contributed by atoms with Crippen LogP contribution in [0, 0.1) is 11.7 Å². The maximum Gasteiger partial charge on any atom is 0.237 e. The van der Waals surface area contributed by atoms with E-state index in [0.29, 0.717) is 47.7 Å². The third-order valence-electron chi connectivity index (χ3n) is 6.75. The van der Waals surface area contributed by atoms with Gasteiger partial charge in [-0.15, -0.1) is 0 Å². The third-order valence-corrected chi connectivity index (χ3v) is 6.75. The predicted molar refractivity (Wildman–Crippen MR) is 142 cm³/mol. The Bertz CT molecular complexity index is 1350. The first-order valence-electron chi connectivity index (χ1n) is 13.0. The second kappa shape index (κ2) is 12.3. The van der Waals surface area contributed by atoms with Gasteiger partial charge in [0.05, 0.1) is 32.4 Å². The number of methoxy groups -OCH3 is 1. The number of rotatable bonds is 10. The lowest BCUT2D eigenvalue weighted by Crippen LogP contribution is -2.37. The van der Waals surface area contributed by atoms with Crippen LogP contribution in [-0.2, 0) is 14.3 Å². The lowest BCUT2D eigenvalue weighted by Gasteiger charge is -2.26. The Hall–Kier alpha value is -3.96. The van der Waals surface area contributed by atoms with Gasteiger partial charge in [-0.05, 0) is 37.1 Å². The number of benzene rings is 2. The number of aromatic nitrogens is 1. The number of hydrogen-bond donors (Lipinski definition) is 2. The number of nitrogens with zero attached hydrogens (tertiary/aromatic N) is 2. The maximum atomic E-state index is 14.9. The first-order chi connectivity index (χ1) is 19.0. The van der Waals surface area contributed by atoms with Gasteiger partial charge in [-0.1, -0.05) is 0 Å². The summed E-state index contributed by atoms with van der Waals surface area (Å²) in [7, 11) is 1.56. The van der Waals surface area contributed by atoms with Crippen molar-refractivity contribution >= 4 is 28.4 Å². The van der Waals surface area contributed by atoms with Gasteiger partial charge in [0, 0.05) is 55.6 Å². The van der Waals surface area contributed by atoms with Crippen molar-refractivity contribution in [2.24, 2.45) is 5.92 Å². The predicted octanol–water partition coefficient (Wildman–Crippen LogP) is 3.35. The highest BCUT2D eigenvalue weighted by Crippen LogP contribution is 2.38. The average molecular weight is 539 g/mol. The fraction of sp³-hybridized carbons (Fsp3) is 0.393. The van der Waals surface area contributed by atoms with E-state index in [0.717, 1.165) is 45.3 Å². The lowest BCUT2D eigenvalue weighted by atomic mass is 10.1. The van der Waals surface area contributed by atoms with Crippen LogP contribution in [0.25, 0.3) is 10.9 Å². The summed E-state index contributed by atoms with van der Waals surface area (Å²) in [4.78, 5) is 30.9. The van der Waals surface area contributed by atoms with Crippen LogP contribution in [0.1, 0.15) is 12.8 Å². The Morgan fingerprint density at radius 1 is 1.15 bits per heavy atom. The third kappa shape index (κ3) is 6.37. The van der Waals surface area contributed by atoms with E-state index in [2.05, 4.69) is 20.5 Å². The van der Waals surface area contributed by atoms with Crippen LogP contribution in [0.15, 0.2) is 42.6 Å². The number of fused-ring (bicyclic) bond motifs is 1. The first-order valence-corrected chi connectivity index (χ1v) is 13.0. The van der Waals surface area contributed by atoms with Crippen LogP contribution in [-0.4, -0.2) is 74.8 Å². The molecule has 39 heavy (non-hydrogen) atoms. The number of hydrogen-bond acceptors (Lipinski definition) is 8. The molecule has 2 N–H and O–H groups in total. The van der Waals surface area contributed by atoms with Crippen LogP contribution in [0.2, 0.25) is 0 Å². The molecule has 0 saturated carbocycles. The summed E-state index contributed by atoms with van der Waals surface area (Å²) in [6.45, 7) is 5.30. The van der Waals surface area contributed by atoms with E-state index in [9.17, 15) is 14.0 Å². The number of halogens is 1. The maximum absolute atomic E-state index is 14.9. The van der Waals surface area contributed by atoms with Crippen LogP contribution in [0.3, 0.4) is 0 Å². The molecule has 11 heteroatoms. The quantitative estimate of drug-likeness (QED) is 0.299. The Kier molecular flexibility index (Phi) is 8.38. The number of amides is 2. The van der Waals surface area contributed by atoms with Gasteiger partial charge in [-0.2, -0.15) is 0 Å². The highest BCUT2D eigenvalue weighted by Gasteiger charge is 2.31. The molecular weight excluding hydrogens is 507 g/mol. The summed E-state index contributed by atoms with van der Waals surface area (Å²) in [5, 5.41) is 5.83. The molecule has 0 bridgehead atoms. The Labute approximate surface area is 225 Å². The van der Waals surface area contributed by atoms with E-state index in [1.165, 1.54) is 12.1 Å². The van der Waals surface area contributed by atoms with Gasteiger partial charge in [-0.25, -0.2) is 4.39 Å². The average Bonchev–Trinajstić information content (AvgIpc) is 3.38. The summed E-state index contributed by atoms with van der Waals surface area (Å²) in [6, 6.07) is 9.29. The van der Waals surface area contributed by atoms with E-state index in [1.807, 2.05) is 0 Å². The molecule has 0 radical (unpaired) electrons. The molecule has 5 rings (SSSR count). The van der Waals surface area contributed by atoms with Crippen LogP contribution in [0.4, 0.5) is 10.1 Å². The van der Waals surface area contributed by atoms with E-state index < -0.39 is 17.6 Å². The van der Waals surface area contributed by atoms with Crippen LogP contribution >= 0.6 is 0 Å². The highest BCUT2D eigenvalue weighted by atomic mass is 19.1. The molecule has 1 unspecified atom stereocenters. The van der Waals surface area contributed by atoms with Crippen LogP contribution in [0.5, 0.6) is 23.0 Å². The fourth-order valence-corrected chi connectivity index (χ4v) is 4.64. The summed E-state index contributed by atoms with van der Waals surface area (Å²) in [5.41, 5.74) is 0.844. The molecule has 3 aromatic rings. The summed E-state index contributed by atoms with van der Waals surface area (Å²) < 4.78 is 37.8. The monoisotopic (exact) mass is 538 g/mol. The van der Waals surface area contributed by atoms with Crippen LogP contribution < -0.4 is 24.8 Å². The van der Waals surface area contributed by atoms with Crippen molar-refractivity contribution in [2.75, 3.05) is 58.4 Å². The minimum atomic E-state index is -0.777. The second-order valence-corrected chi connectivity index (χ2v) is 9.35. The number of carbonyl (C=O) groups is 2. The van der Waals surface area contributed by atoms with Crippen molar-refractivity contribution < 1.29 is 32.9 Å². The molecule has 10 nitrogen and oxygen atoms in total. The minimum absolute atomic E-state index is 0.0264. The summed E-state index contributed by atoms with van der Waals surface area (Å²) >= 11 is 0.